The summed E-state index contributed by atoms with van der Waals surface area (Å²) in [6.07, 6.45) is 0. The molecule has 3 aromatic heterocycles. The van der Waals surface area contributed by atoms with Gasteiger partial charge in [-0.15, -0.1) is 0 Å². The molecule has 0 bridgehead atoms. The molecule has 3 heteroatoms. The molecule has 0 aliphatic rings. The molecule has 0 fully saturated rings. The van der Waals surface area contributed by atoms with Crippen LogP contribution in [0.15, 0.2) is 406 Å². The lowest BCUT2D eigenvalue weighted by atomic mass is 9.86. The number of fused-ring (bicyclic) bond motifs is 12. The number of hydrogen-bond donors (Lipinski definition) is 0. The Kier molecular flexibility index (Phi) is 13.5. The predicted molar refractivity (Wildman–Crippen MR) is 501 cm³/mol. The molecule has 0 radical (unpaired) electrons. The molecule has 0 atom stereocenters. The molecule has 538 valence electrons. The first kappa shape index (κ1) is 64.1. The van der Waals surface area contributed by atoms with Gasteiger partial charge < -0.3 is 13.7 Å². The molecule has 3 nitrogen and oxygen atoms in total. The summed E-state index contributed by atoms with van der Waals surface area (Å²) in [7, 11) is 0. The van der Waals surface area contributed by atoms with Gasteiger partial charge in [-0.05, 0) is 236 Å². The molecule has 3 heterocycles. The van der Waals surface area contributed by atoms with Gasteiger partial charge in [-0.1, -0.05) is 328 Å². The Bertz CT molecular complexity index is 8760. The van der Waals surface area contributed by atoms with Crippen LogP contribution in [-0.4, -0.2) is 13.7 Å². The van der Waals surface area contributed by atoms with Crippen LogP contribution in [0.25, 0.3) is 256 Å². The minimum Gasteiger partial charge on any atom is -0.309 e. The highest BCUT2D eigenvalue weighted by atomic mass is 15.0. The van der Waals surface area contributed by atoms with Crippen LogP contribution >= 0.6 is 0 Å². The summed E-state index contributed by atoms with van der Waals surface area (Å²) in [5.74, 6) is 0. The van der Waals surface area contributed by atoms with Gasteiger partial charge in [-0.2, -0.15) is 0 Å². The van der Waals surface area contributed by atoms with E-state index in [1.54, 1.807) is 0 Å². The van der Waals surface area contributed by atoms with Crippen LogP contribution in [0, 0.1) is 0 Å². The summed E-state index contributed by atoms with van der Waals surface area (Å²) >= 11 is 0. The third kappa shape index (κ3) is 9.05. The molecule has 0 spiro atoms. The van der Waals surface area contributed by atoms with Gasteiger partial charge in [-0.3, -0.25) is 0 Å². The first-order chi connectivity index (χ1) is 58.1. The molecule has 25 aromatic carbocycles. The summed E-state index contributed by atoms with van der Waals surface area (Å²) in [5, 5.41) is 40.6. The van der Waals surface area contributed by atoms with Crippen molar-refractivity contribution in [3.63, 3.8) is 0 Å². The number of benzene rings is 25. The molecule has 0 saturated carbocycles. The van der Waals surface area contributed by atoms with Gasteiger partial charge >= 0.3 is 0 Å². The normalized spacial score (nSPS) is 12.3. The average molecular weight is 1480 g/mol. The van der Waals surface area contributed by atoms with Crippen molar-refractivity contribution in [2.45, 2.75) is 0 Å². The SMILES string of the molecule is c1ccc(-c2cc(-c3ccccc3)cc(-n3c4cccc5c6cccc7c8ccccc8c8ccc3c(c8c76)c54)c2)cc1.c1ccc(-c2ccc(-c3ccc(-n4c5cccc6c7cccc8c9ccccc9c9ccc4c(c9c87)c65)cc3)cc2)cc1.c1ccc(-n2c3cccc4c5cccc6c7ccccc7c7ccc2c(c7c65)c43)cc1. The van der Waals surface area contributed by atoms with E-state index in [9.17, 15) is 0 Å². The molecule has 0 aliphatic carbocycles. The monoisotopic (exact) mass is 1480 g/mol. The topological polar surface area (TPSA) is 14.8 Å². The van der Waals surface area contributed by atoms with Crippen LogP contribution in [0.5, 0.6) is 0 Å². The van der Waals surface area contributed by atoms with E-state index >= 15 is 0 Å². The Labute approximate surface area is 671 Å². The first-order valence-corrected chi connectivity index (χ1v) is 40.7. The molecule has 117 heavy (non-hydrogen) atoms. The predicted octanol–water partition coefficient (Wildman–Crippen LogP) is 31.5. The van der Waals surface area contributed by atoms with Crippen molar-refractivity contribution in [3.05, 3.63) is 406 Å². The summed E-state index contributed by atoms with van der Waals surface area (Å²) in [6.45, 7) is 0. The minimum absolute atomic E-state index is 1.18. The maximum atomic E-state index is 2.50. The van der Waals surface area contributed by atoms with Crippen LogP contribution in [-0.2, 0) is 0 Å². The van der Waals surface area contributed by atoms with E-state index < -0.39 is 0 Å². The van der Waals surface area contributed by atoms with Crippen LogP contribution < -0.4 is 0 Å². The number of aromatic nitrogens is 3. The van der Waals surface area contributed by atoms with Crippen molar-refractivity contribution < 1.29 is 0 Å². The summed E-state index contributed by atoms with van der Waals surface area (Å²) in [5.41, 5.74) is 21.0. The van der Waals surface area contributed by atoms with E-state index in [1.807, 2.05) is 0 Å². The zero-order valence-corrected chi connectivity index (χ0v) is 63.5. The molecule has 0 saturated heterocycles. The molecule has 0 N–H and O–H groups in total. The fourth-order valence-electron chi connectivity index (χ4n) is 21.3. The summed E-state index contributed by atoms with van der Waals surface area (Å²) in [4.78, 5) is 0. The van der Waals surface area contributed by atoms with E-state index in [4.69, 9.17) is 0 Å². The highest BCUT2D eigenvalue weighted by Gasteiger charge is 2.28. The second kappa shape index (κ2) is 24.5. The molecular weight excluding hydrogens is 1410 g/mol. The van der Waals surface area contributed by atoms with Crippen LogP contribution in [0.1, 0.15) is 0 Å². The van der Waals surface area contributed by atoms with E-state index in [0.29, 0.717) is 0 Å². The molecule has 0 aliphatic heterocycles. The van der Waals surface area contributed by atoms with E-state index in [2.05, 4.69) is 420 Å². The molecule has 0 unspecified atom stereocenters. The highest BCUT2D eigenvalue weighted by Crippen LogP contribution is 2.54. The maximum Gasteiger partial charge on any atom is 0.0548 e. The zero-order chi connectivity index (χ0) is 76.2. The third-order valence-corrected chi connectivity index (χ3v) is 26.1. The van der Waals surface area contributed by atoms with Gasteiger partial charge in [0.2, 0.25) is 0 Å². The van der Waals surface area contributed by atoms with Crippen molar-refractivity contribution in [1.29, 1.82) is 0 Å². The van der Waals surface area contributed by atoms with Gasteiger partial charge in [-0.25, -0.2) is 0 Å². The van der Waals surface area contributed by atoms with Crippen LogP contribution in [0.4, 0.5) is 0 Å². The van der Waals surface area contributed by atoms with Gasteiger partial charge in [0, 0.05) is 65.5 Å². The Morgan fingerprint density at radius 1 is 0.103 bits per heavy atom. The Balaban J connectivity index is 0.0000000972. The quantitative estimate of drug-likeness (QED) is 0.112. The van der Waals surface area contributed by atoms with Gasteiger partial charge in [0.15, 0.2) is 0 Å². The highest BCUT2D eigenvalue weighted by molar-refractivity contribution is 6.48. The van der Waals surface area contributed by atoms with Crippen molar-refractivity contribution in [1.82, 2.24) is 13.7 Å². The number of para-hydroxylation sites is 1. The van der Waals surface area contributed by atoms with E-state index in [0.717, 1.165) is 0 Å². The zero-order valence-electron chi connectivity index (χ0n) is 63.5. The molecule has 0 amide bonds. The average Bonchev–Trinajstić information content (AvgIpc) is 1.64. The Morgan fingerprint density at radius 3 is 0.641 bits per heavy atom. The number of hydrogen-bond acceptors (Lipinski definition) is 0. The summed E-state index contributed by atoms with van der Waals surface area (Å²) < 4.78 is 7.39. The lowest BCUT2D eigenvalue weighted by molar-refractivity contribution is 1.18. The van der Waals surface area contributed by atoms with Crippen LogP contribution in [0.2, 0.25) is 0 Å². The van der Waals surface area contributed by atoms with Crippen molar-refractivity contribution >= 4 is 195 Å². The number of rotatable bonds is 7. The number of nitrogens with zero attached hydrogens (tertiary/aromatic N) is 3. The fraction of sp³-hybridized carbons (Fsp3) is 0. The largest absolute Gasteiger partial charge is 0.309 e. The third-order valence-electron chi connectivity index (χ3n) is 26.1. The van der Waals surface area contributed by atoms with Crippen molar-refractivity contribution in [2.24, 2.45) is 0 Å². The Hall–Kier alpha value is -15.4. The maximum absolute atomic E-state index is 2.50. The van der Waals surface area contributed by atoms with Crippen molar-refractivity contribution in [3.8, 4) is 61.6 Å². The van der Waals surface area contributed by atoms with Gasteiger partial charge in [0.05, 0.1) is 33.1 Å². The van der Waals surface area contributed by atoms with Crippen LogP contribution in [0.3, 0.4) is 0 Å². The van der Waals surface area contributed by atoms with Crippen molar-refractivity contribution in [2.75, 3.05) is 0 Å². The second-order valence-corrected chi connectivity index (χ2v) is 31.9. The lowest BCUT2D eigenvalue weighted by Gasteiger charge is -2.16. The smallest absolute Gasteiger partial charge is 0.0548 e. The summed E-state index contributed by atoms with van der Waals surface area (Å²) in [6, 6.07) is 149. The van der Waals surface area contributed by atoms with Gasteiger partial charge in [0.1, 0.15) is 0 Å². The second-order valence-electron chi connectivity index (χ2n) is 31.9. The minimum atomic E-state index is 1.18. The van der Waals surface area contributed by atoms with Gasteiger partial charge in [0.25, 0.3) is 0 Å². The lowest BCUT2D eigenvalue weighted by Crippen LogP contribution is -1.96. The first-order valence-electron chi connectivity index (χ1n) is 40.7. The molecule has 28 rings (SSSR count). The standard InChI is InChI=1S/2C42H25N.C30H17N/c1-3-11-26(12-4-1)28-23-29(27-13-5-2-6-14-27)25-30(24-28)43-37-20-10-19-35-34-18-9-17-33-31-15-7-8-16-32(31)36-21-22-38(43)42(40(35)37)41(36)39(33)34;1-2-8-26(9-3-1)27-16-18-28(19-17-27)29-20-22-30(23-21-29)43-37-15-7-14-35-34-13-6-12-33-31-10-4-5-11-32(31)36-24-25-38(43)42(40(35)37)41(36)39(33)34;1-2-8-18(9-3-1)31-25-15-7-14-23-22-13-6-12-21-19-10-4-5-11-20(19)24-16-17-26(31)30(28(23)25)29(24)27(21)22/h2*1-25H;1-17H. The van der Waals surface area contributed by atoms with E-state index in [1.165, 1.54) is 256 Å². The molecule has 28 aromatic rings. The van der Waals surface area contributed by atoms with E-state index in [-0.39, 0.29) is 0 Å². The Morgan fingerprint density at radius 2 is 0.316 bits per heavy atom. The fourth-order valence-corrected chi connectivity index (χ4v) is 21.3. The molecular formula is C114H67N3.